The number of benzene rings is 1. The van der Waals surface area contributed by atoms with Crippen molar-refractivity contribution in [1.82, 2.24) is 0 Å². The molecule has 0 saturated heterocycles. The van der Waals surface area contributed by atoms with Gasteiger partial charge >= 0.3 is 0 Å². The summed E-state index contributed by atoms with van der Waals surface area (Å²) in [5, 5.41) is 16.6. The fourth-order valence-electron chi connectivity index (χ4n) is 1.09. The first-order valence-corrected chi connectivity index (χ1v) is 4.72. The average Bonchev–Trinajstić information content (AvgIpc) is 2.10. The topological polar surface area (TPSA) is 79.3 Å². The van der Waals surface area contributed by atoms with E-state index in [0.717, 1.165) is 10.0 Å². The number of aromatic hydroxyl groups is 1. The molecule has 0 spiro atoms. The summed E-state index contributed by atoms with van der Waals surface area (Å²) in [6.45, 7) is 0. The summed E-state index contributed by atoms with van der Waals surface area (Å²) < 4.78 is 5.69. The Labute approximate surface area is 90.3 Å². The minimum atomic E-state index is 0.0481. The van der Waals surface area contributed by atoms with Crippen LogP contribution in [0.4, 0.5) is 0 Å². The van der Waals surface area contributed by atoms with Crippen LogP contribution in [0.15, 0.2) is 16.6 Å². The fourth-order valence-corrected chi connectivity index (χ4v) is 1.55. The minimum Gasteiger partial charge on any atom is -0.504 e. The predicted molar refractivity (Wildman–Crippen MR) is 58.0 cm³/mol. The largest absolute Gasteiger partial charge is 0.504 e. The van der Waals surface area contributed by atoms with Crippen LogP contribution in [-0.4, -0.2) is 18.1 Å². The van der Waals surface area contributed by atoms with E-state index in [1.165, 1.54) is 13.2 Å². The van der Waals surface area contributed by atoms with E-state index in [4.69, 9.17) is 15.9 Å². The minimum absolute atomic E-state index is 0.0481. The lowest BCUT2D eigenvalue weighted by Crippen LogP contribution is -2.13. The molecule has 0 unspecified atom stereocenters. The Morgan fingerprint density at radius 3 is 2.79 bits per heavy atom. The van der Waals surface area contributed by atoms with Gasteiger partial charge in [-0.2, -0.15) is 0 Å². The average molecular weight is 259 g/mol. The van der Waals surface area contributed by atoms with Crippen LogP contribution in [0.25, 0.3) is 0 Å². The Kier molecular flexibility index (Phi) is 3.35. The first kappa shape index (κ1) is 10.8. The molecule has 0 aromatic heterocycles. The molecule has 5 heteroatoms. The Hall–Kier alpha value is -1.23. The summed E-state index contributed by atoms with van der Waals surface area (Å²) in [6.07, 6.45) is 0.304. The van der Waals surface area contributed by atoms with Gasteiger partial charge in [0.15, 0.2) is 11.5 Å². The van der Waals surface area contributed by atoms with Crippen molar-refractivity contribution < 1.29 is 9.84 Å². The molecular weight excluding hydrogens is 248 g/mol. The zero-order chi connectivity index (χ0) is 10.7. The smallest absolute Gasteiger partial charge is 0.161 e. The molecule has 0 aliphatic carbocycles. The summed E-state index contributed by atoms with van der Waals surface area (Å²) in [6, 6.07) is 3.18. The second-order valence-electron chi connectivity index (χ2n) is 2.82. The molecule has 0 heterocycles. The Balaban J connectivity index is 3.08. The van der Waals surface area contributed by atoms with Gasteiger partial charge in [0, 0.05) is 10.9 Å². The maximum Gasteiger partial charge on any atom is 0.161 e. The number of amidine groups is 1. The number of ether oxygens (including phenoxy) is 1. The van der Waals surface area contributed by atoms with Crippen molar-refractivity contribution in [3.63, 3.8) is 0 Å². The van der Waals surface area contributed by atoms with Gasteiger partial charge in [-0.25, -0.2) is 0 Å². The van der Waals surface area contributed by atoms with Gasteiger partial charge < -0.3 is 15.6 Å². The number of hydrogen-bond donors (Lipinski definition) is 3. The molecule has 4 N–H and O–H groups in total. The Bertz CT molecular complexity index is 366. The van der Waals surface area contributed by atoms with Crippen LogP contribution >= 0.6 is 15.9 Å². The van der Waals surface area contributed by atoms with E-state index in [0.29, 0.717) is 12.2 Å². The summed E-state index contributed by atoms with van der Waals surface area (Å²) in [7, 11) is 1.48. The van der Waals surface area contributed by atoms with Crippen LogP contribution in [0.5, 0.6) is 11.5 Å². The number of rotatable bonds is 3. The molecule has 76 valence electrons. The number of phenols is 1. The lowest BCUT2D eigenvalue weighted by Gasteiger charge is -2.08. The highest BCUT2D eigenvalue weighted by Crippen LogP contribution is 2.32. The van der Waals surface area contributed by atoms with Gasteiger partial charge in [-0.05, 0) is 17.7 Å². The highest BCUT2D eigenvalue weighted by molar-refractivity contribution is 9.10. The van der Waals surface area contributed by atoms with Gasteiger partial charge in [-0.15, -0.1) is 0 Å². The van der Waals surface area contributed by atoms with E-state index in [1.54, 1.807) is 6.07 Å². The first-order valence-electron chi connectivity index (χ1n) is 3.93. The van der Waals surface area contributed by atoms with Crippen molar-refractivity contribution in [2.24, 2.45) is 5.73 Å². The molecule has 1 rings (SSSR count). The molecule has 0 atom stereocenters. The molecule has 1 aromatic rings. The van der Waals surface area contributed by atoms with Crippen molar-refractivity contribution >= 4 is 21.8 Å². The van der Waals surface area contributed by atoms with Gasteiger partial charge in [0.05, 0.1) is 12.9 Å². The third-order valence-corrected chi connectivity index (χ3v) is 2.47. The summed E-state index contributed by atoms with van der Waals surface area (Å²) in [5.41, 5.74) is 6.02. The van der Waals surface area contributed by atoms with Gasteiger partial charge in [0.1, 0.15) is 0 Å². The van der Waals surface area contributed by atoms with Gasteiger partial charge in [0.2, 0.25) is 0 Å². The quantitative estimate of drug-likeness (QED) is 0.570. The third kappa shape index (κ3) is 2.38. The Morgan fingerprint density at radius 2 is 2.29 bits per heavy atom. The van der Waals surface area contributed by atoms with Gasteiger partial charge in [-0.3, -0.25) is 5.41 Å². The standard InChI is InChI=1S/C9H11BrN2O2/c1-14-8-4-6(10)5(2-7(8)13)3-9(11)12/h2,4,13H,3H2,1H3,(H3,11,12). The first-order chi connectivity index (χ1) is 6.54. The highest BCUT2D eigenvalue weighted by Gasteiger charge is 2.08. The molecule has 4 nitrogen and oxygen atoms in total. The van der Waals surface area contributed by atoms with Crippen LogP contribution < -0.4 is 10.5 Å². The van der Waals surface area contributed by atoms with Crippen LogP contribution in [0.2, 0.25) is 0 Å². The number of methoxy groups -OCH3 is 1. The van der Waals surface area contributed by atoms with Crippen molar-refractivity contribution in [2.45, 2.75) is 6.42 Å². The van der Waals surface area contributed by atoms with Gasteiger partial charge in [-0.1, -0.05) is 15.9 Å². The van der Waals surface area contributed by atoms with Crippen molar-refractivity contribution in [3.05, 3.63) is 22.2 Å². The molecule has 0 fully saturated rings. The third-order valence-electron chi connectivity index (χ3n) is 1.73. The summed E-state index contributed by atoms with van der Waals surface area (Å²) in [4.78, 5) is 0. The fraction of sp³-hybridized carbons (Fsp3) is 0.222. The van der Waals surface area contributed by atoms with Crippen LogP contribution in [0.3, 0.4) is 0 Å². The van der Waals surface area contributed by atoms with Crippen LogP contribution in [0, 0.1) is 5.41 Å². The monoisotopic (exact) mass is 258 g/mol. The molecule has 0 radical (unpaired) electrons. The van der Waals surface area contributed by atoms with E-state index in [2.05, 4.69) is 15.9 Å². The second kappa shape index (κ2) is 4.32. The molecule has 0 bridgehead atoms. The summed E-state index contributed by atoms with van der Waals surface area (Å²) in [5.74, 6) is 0.492. The number of halogens is 1. The SMILES string of the molecule is COc1cc(Br)c(CC(=N)N)cc1O. The number of nitrogens with one attached hydrogen (secondary N) is 1. The van der Waals surface area contributed by atoms with E-state index in [9.17, 15) is 5.11 Å². The maximum absolute atomic E-state index is 9.47. The van der Waals surface area contributed by atoms with E-state index in [-0.39, 0.29) is 11.6 Å². The maximum atomic E-state index is 9.47. The predicted octanol–water partition coefficient (Wildman–Crippen LogP) is 1.64. The normalized spacial score (nSPS) is 9.86. The zero-order valence-corrected chi connectivity index (χ0v) is 9.26. The van der Waals surface area contributed by atoms with Gasteiger partial charge in [0.25, 0.3) is 0 Å². The molecule has 14 heavy (non-hydrogen) atoms. The number of phenolic OH excluding ortho intramolecular Hbond substituents is 1. The number of hydrogen-bond acceptors (Lipinski definition) is 3. The van der Waals surface area contributed by atoms with E-state index < -0.39 is 0 Å². The highest BCUT2D eigenvalue weighted by atomic mass is 79.9. The molecule has 0 amide bonds. The van der Waals surface area contributed by atoms with Crippen LogP contribution in [-0.2, 0) is 6.42 Å². The molecule has 0 aliphatic heterocycles. The van der Waals surface area contributed by atoms with Crippen molar-refractivity contribution in [3.8, 4) is 11.5 Å². The molecule has 1 aromatic carbocycles. The lowest BCUT2D eigenvalue weighted by atomic mass is 10.1. The van der Waals surface area contributed by atoms with Crippen molar-refractivity contribution in [1.29, 1.82) is 5.41 Å². The Morgan fingerprint density at radius 1 is 1.64 bits per heavy atom. The van der Waals surface area contributed by atoms with E-state index >= 15 is 0 Å². The van der Waals surface area contributed by atoms with E-state index in [1.807, 2.05) is 0 Å². The molecule has 0 aliphatic rings. The lowest BCUT2D eigenvalue weighted by molar-refractivity contribution is 0.373. The number of nitrogens with two attached hydrogens (primary N) is 1. The second-order valence-corrected chi connectivity index (χ2v) is 3.67. The van der Waals surface area contributed by atoms with Crippen molar-refractivity contribution in [2.75, 3.05) is 7.11 Å². The summed E-state index contributed by atoms with van der Waals surface area (Å²) >= 11 is 3.31. The zero-order valence-electron chi connectivity index (χ0n) is 7.67. The molecule has 0 saturated carbocycles. The molecular formula is C9H11BrN2O2. The van der Waals surface area contributed by atoms with Crippen LogP contribution in [0.1, 0.15) is 5.56 Å².